The second-order valence-electron chi connectivity index (χ2n) is 3.60. The first-order chi connectivity index (χ1) is 6.66. The molecule has 0 aliphatic carbocycles. The van der Waals surface area contributed by atoms with Crippen molar-refractivity contribution < 1.29 is 14.3 Å². The molecule has 0 N–H and O–H groups in total. The molecule has 1 fully saturated rings. The lowest BCUT2D eigenvalue weighted by Crippen LogP contribution is -2.44. The number of carbonyl (C=O) groups is 2. The molecular formula is C10H17NO3. The van der Waals surface area contributed by atoms with E-state index in [0.717, 1.165) is 25.7 Å². The van der Waals surface area contributed by atoms with Crippen LogP contribution in [0.2, 0.25) is 0 Å². The van der Waals surface area contributed by atoms with Crippen LogP contribution in [0.5, 0.6) is 0 Å². The van der Waals surface area contributed by atoms with Gasteiger partial charge in [-0.05, 0) is 12.8 Å². The number of esters is 1. The van der Waals surface area contributed by atoms with Crippen LogP contribution in [0.3, 0.4) is 0 Å². The Morgan fingerprint density at radius 1 is 1.29 bits per heavy atom. The number of likely N-dealkylation sites (tertiary alicyclic amines) is 1. The molecule has 0 aromatic rings. The number of ether oxygens (including phenoxy) is 1. The highest BCUT2D eigenvalue weighted by Gasteiger charge is 2.29. The van der Waals surface area contributed by atoms with E-state index in [-0.39, 0.29) is 17.9 Å². The largest absolute Gasteiger partial charge is 0.467 e. The van der Waals surface area contributed by atoms with Crippen LogP contribution >= 0.6 is 0 Å². The maximum atomic E-state index is 11.4. The van der Waals surface area contributed by atoms with Gasteiger partial charge in [0.25, 0.3) is 0 Å². The number of amides is 1. The smallest absolute Gasteiger partial charge is 0.328 e. The Hall–Kier alpha value is -1.06. The van der Waals surface area contributed by atoms with Crippen LogP contribution in [0, 0.1) is 0 Å². The molecule has 0 saturated carbocycles. The van der Waals surface area contributed by atoms with Gasteiger partial charge >= 0.3 is 5.97 Å². The van der Waals surface area contributed by atoms with Crippen LogP contribution in [-0.4, -0.2) is 36.5 Å². The second kappa shape index (κ2) is 4.98. The minimum Gasteiger partial charge on any atom is -0.467 e. The summed E-state index contributed by atoms with van der Waals surface area (Å²) in [6.07, 6.45) is 3.78. The molecule has 14 heavy (non-hydrogen) atoms. The van der Waals surface area contributed by atoms with Gasteiger partial charge in [0.05, 0.1) is 7.11 Å². The molecule has 0 aromatic heterocycles. The van der Waals surface area contributed by atoms with Crippen molar-refractivity contribution in [3.05, 3.63) is 0 Å². The molecule has 1 atom stereocenters. The van der Waals surface area contributed by atoms with E-state index >= 15 is 0 Å². The van der Waals surface area contributed by atoms with Crippen LogP contribution in [0.1, 0.15) is 32.6 Å². The van der Waals surface area contributed by atoms with Crippen LogP contribution in [0.25, 0.3) is 0 Å². The van der Waals surface area contributed by atoms with Gasteiger partial charge in [-0.1, -0.05) is 12.8 Å². The molecule has 1 amide bonds. The fourth-order valence-electron chi connectivity index (χ4n) is 1.87. The Bertz CT molecular complexity index is 227. The maximum absolute atomic E-state index is 11.4. The average Bonchev–Trinajstić information content (AvgIpc) is 2.41. The predicted octanol–water partition coefficient (Wildman–Crippen LogP) is 0.950. The third-order valence-electron chi connectivity index (χ3n) is 2.63. The maximum Gasteiger partial charge on any atom is 0.328 e. The number of methoxy groups -OCH3 is 1. The van der Waals surface area contributed by atoms with Crippen molar-refractivity contribution in [1.82, 2.24) is 4.90 Å². The molecule has 1 heterocycles. The van der Waals surface area contributed by atoms with E-state index in [0.29, 0.717) is 6.54 Å². The third-order valence-corrected chi connectivity index (χ3v) is 2.63. The zero-order valence-corrected chi connectivity index (χ0v) is 8.78. The van der Waals surface area contributed by atoms with Crippen molar-refractivity contribution in [1.29, 1.82) is 0 Å². The quantitative estimate of drug-likeness (QED) is 0.591. The summed E-state index contributed by atoms with van der Waals surface area (Å²) in [6, 6.07) is -0.361. The van der Waals surface area contributed by atoms with Crippen molar-refractivity contribution in [2.45, 2.75) is 38.6 Å². The van der Waals surface area contributed by atoms with E-state index in [4.69, 9.17) is 4.74 Å². The first-order valence-electron chi connectivity index (χ1n) is 5.02. The minimum atomic E-state index is -0.361. The Kier molecular flexibility index (Phi) is 3.92. The predicted molar refractivity (Wildman–Crippen MR) is 51.7 cm³/mol. The van der Waals surface area contributed by atoms with Crippen LogP contribution in [0.4, 0.5) is 0 Å². The number of carbonyl (C=O) groups excluding carboxylic acids is 2. The number of hydrogen-bond donors (Lipinski definition) is 0. The standard InChI is InChI=1S/C10H17NO3/c1-8(12)11-7-5-3-4-6-9(11)10(13)14-2/h9H,3-7H2,1-2H3/t9-/m0/s1. The van der Waals surface area contributed by atoms with Crippen LogP contribution in [0.15, 0.2) is 0 Å². The topological polar surface area (TPSA) is 46.6 Å². The molecule has 0 radical (unpaired) electrons. The summed E-state index contributed by atoms with van der Waals surface area (Å²) in [5.41, 5.74) is 0. The Labute approximate surface area is 84.2 Å². The zero-order valence-electron chi connectivity index (χ0n) is 8.78. The molecular weight excluding hydrogens is 182 g/mol. The van der Waals surface area contributed by atoms with Crippen LogP contribution in [-0.2, 0) is 14.3 Å². The molecule has 0 aromatic carbocycles. The minimum absolute atomic E-state index is 0.0395. The summed E-state index contributed by atoms with van der Waals surface area (Å²) < 4.78 is 4.69. The van der Waals surface area contributed by atoms with E-state index in [2.05, 4.69) is 0 Å². The van der Waals surface area contributed by atoms with Crippen molar-refractivity contribution in [3.8, 4) is 0 Å². The van der Waals surface area contributed by atoms with Crippen molar-refractivity contribution in [2.24, 2.45) is 0 Å². The highest BCUT2D eigenvalue weighted by molar-refractivity contribution is 5.83. The summed E-state index contributed by atoms with van der Waals surface area (Å²) in [5.74, 6) is -0.329. The lowest BCUT2D eigenvalue weighted by molar-refractivity contribution is -0.152. The molecule has 1 aliphatic heterocycles. The molecule has 0 bridgehead atoms. The van der Waals surface area contributed by atoms with Gasteiger partial charge in [-0.2, -0.15) is 0 Å². The normalized spacial score (nSPS) is 22.7. The SMILES string of the molecule is COC(=O)[C@@H]1CCCCCN1C(C)=O. The molecule has 0 unspecified atom stereocenters. The first-order valence-corrected chi connectivity index (χ1v) is 5.02. The fourth-order valence-corrected chi connectivity index (χ4v) is 1.87. The number of rotatable bonds is 1. The van der Waals surface area contributed by atoms with Crippen molar-refractivity contribution >= 4 is 11.9 Å². The van der Waals surface area contributed by atoms with Gasteiger partial charge in [0.15, 0.2) is 0 Å². The molecule has 0 spiro atoms. The van der Waals surface area contributed by atoms with Gasteiger partial charge in [-0.3, -0.25) is 4.79 Å². The monoisotopic (exact) mass is 199 g/mol. The van der Waals surface area contributed by atoms with E-state index in [1.807, 2.05) is 0 Å². The summed E-state index contributed by atoms with van der Waals surface area (Å²) in [5, 5.41) is 0. The molecule has 4 heteroatoms. The van der Waals surface area contributed by atoms with E-state index in [1.165, 1.54) is 14.0 Å². The Balaban J connectivity index is 2.73. The fraction of sp³-hybridized carbons (Fsp3) is 0.800. The van der Waals surface area contributed by atoms with Crippen molar-refractivity contribution in [2.75, 3.05) is 13.7 Å². The summed E-state index contributed by atoms with van der Waals surface area (Å²) >= 11 is 0. The lowest BCUT2D eigenvalue weighted by Gasteiger charge is -2.26. The van der Waals surface area contributed by atoms with Gasteiger partial charge in [-0.25, -0.2) is 4.79 Å². The molecule has 1 saturated heterocycles. The third kappa shape index (κ3) is 2.47. The van der Waals surface area contributed by atoms with Crippen LogP contribution < -0.4 is 0 Å². The number of hydrogen-bond acceptors (Lipinski definition) is 3. The first kappa shape index (κ1) is 11.0. The van der Waals surface area contributed by atoms with E-state index < -0.39 is 0 Å². The van der Waals surface area contributed by atoms with Gasteiger partial charge in [0.2, 0.25) is 5.91 Å². The summed E-state index contributed by atoms with van der Waals surface area (Å²) in [7, 11) is 1.37. The zero-order chi connectivity index (χ0) is 10.6. The lowest BCUT2D eigenvalue weighted by atomic mass is 10.1. The van der Waals surface area contributed by atoms with Gasteiger partial charge in [0.1, 0.15) is 6.04 Å². The van der Waals surface area contributed by atoms with Gasteiger partial charge < -0.3 is 9.64 Å². The van der Waals surface area contributed by atoms with Gasteiger partial charge in [0, 0.05) is 13.5 Å². The molecule has 80 valence electrons. The van der Waals surface area contributed by atoms with Gasteiger partial charge in [-0.15, -0.1) is 0 Å². The summed E-state index contributed by atoms with van der Waals surface area (Å²) in [4.78, 5) is 24.3. The number of nitrogens with zero attached hydrogens (tertiary/aromatic N) is 1. The molecule has 1 rings (SSSR count). The Morgan fingerprint density at radius 3 is 2.57 bits per heavy atom. The van der Waals surface area contributed by atoms with Crippen molar-refractivity contribution in [3.63, 3.8) is 0 Å². The molecule has 1 aliphatic rings. The summed E-state index contributed by atoms with van der Waals surface area (Å²) in [6.45, 7) is 2.18. The highest BCUT2D eigenvalue weighted by atomic mass is 16.5. The second-order valence-corrected chi connectivity index (χ2v) is 3.60. The highest BCUT2D eigenvalue weighted by Crippen LogP contribution is 2.17. The van der Waals surface area contributed by atoms with E-state index in [9.17, 15) is 9.59 Å². The Morgan fingerprint density at radius 2 is 2.00 bits per heavy atom. The molecule has 4 nitrogen and oxygen atoms in total. The van der Waals surface area contributed by atoms with E-state index in [1.54, 1.807) is 4.90 Å². The average molecular weight is 199 g/mol.